The van der Waals surface area contributed by atoms with E-state index in [2.05, 4.69) is 24.0 Å². The van der Waals surface area contributed by atoms with E-state index in [-0.39, 0.29) is 50.5 Å². The molecular formula is C35H17F3N6. The Labute approximate surface area is 250 Å². The van der Waals surface area contributed by atoms with Gasteiger partial charge in [-0.1, -0.05) is 12.7 Å². The lowest BCUT2D eigenvalue weighted by atomic mass is 9.81. The molecule has 6 nitrogen and oxygen atoms in total. The summed E-state index contributed by atoms with van der Waals surface area (Å²) in [6.45, 7) is 4.33. The molecule has 1 saturated heterocycles. The number of halogens is 3. The van der Waals surface area contributed by atoms with E-state index in [1.807, 2.05) is 12.1 Å². The van der Waals surface area contributed by atoms with Crippen molar-refractivity contribution in [3.05, 3.63) is 112 Å². The van der Waals surface area contributed by atoms with Crippen molar-refractivity contribution in [1.82, 2.24) is 5.32 Å². The number of fused-ring (bicyclic) bond motifs is 3. The second kappa shape index (κ2) is 10.6. The van der Waals surface area contributed by atoms with Crippen molar-refractivity contribution in [2.24, 2.45) is 5.92 Å². The first-order valence-corrected chi connectivity index (χ1v) is 13.3. The van der Waals surface area contributed by atoms with Crippen LogP contribution in [0.4, 0.5) is 13.2 Å². The summed E-state index contributed by atoms with van der Waals surface area (Å²) in [5.41, 5.74) is 1.99. The zero-order chi connectivity index (χ0) is 31.3. The maximum atomic E-state index is 15.5. The van der Waals surface area contributed by atoms with Gasteiger partial charge in [-0.3, -0.25) is 0 Å². The fourth-order valence-electron chi connectivity index (χ4n) is 6.12. The third-order valence-electron chi connectivity index (χ3n) is 8.14. The van der Waals surface area contributed by atoms with Crippen molar-refractivity contribution in [3.8, 4) is 63.7 Å². The number of nitriles is 5. The molecule has 9 heteroatoms. The van der Waals surface area contributed by atoms with Crippen LogP contribution in [0.3, 0.4) is 0 Å². The van der Waals surface area contributed by atoms with Gasteiger partial charge in [0.25, 0.3) is 0 Å². The van der Waals surface area contributed by atoms with Crippen molar-refractivity contribution in [2.45, 2.75) is 12.0 Å². The van der Waals surface area contributed by atoms with E-state index in [0.717, 1.165) is 18.2 Å². The van der Waals surface area contributed by atoms with Gasteiger partial charge < -0.3 is 5.32 Å². The average Bonchev–Trinajstić information content (AvgIpc) is 3.83. The van der Waals surface area contributed by atoms with Gasteiger partial charge in [0, 0.05) is 35.2 Å². The molecule has 0 radical (unpaired) electrons. The minimum absolute atomic E-state index is 0.0436. The van der Waals surface area contributed by atoms with E-state index < -0.39 is 34.9 Å². The number of nitrogens with one attached hydrogen (secondary N) is 1. The SMILES string of the molecule is C=Cc1cc(C#N)cc(F)c1-c1cc2c(cc1C#N)C(C(C#N)C1CN1)c1cc(C#N)c(-c3c(F)cc(C#N)cc3F)cc1-2. The van der Waals surface area contributed by atoms with Gasteiger partial charge >= 0.3 is 0 Å². The van der Waals surface area contributed by atoms with Gasteiger partial charge in [0.1, 0.15) is 17.5 Å². The standard InChI is InChI=1S/C35H17F3N6/c1-2-19-3-17(11-39)4-29(36)33(19)22-9-24-25-10-23(35-30(37)5-18(12-40)6-31(35)38)21(14-42)8-27(25)34(26(24)7-20(22)13-41)28(15-43)32-16-44-32/h2-10,28,32,34,44H,1,16H2. The summed E-state index contributed by atoms with van der Waals surface area (Å²) in [6.07, 6.45) is 1.38. The van der Waals surface area contributed by atoms with Crippen LogP contribution in [0.2, 0.25) is 0 Å². The molecule has 3 unspecified atom stereocenters. The monoisotopic (exact) mass is 578 g/mol. The van der Waals surface area contributed by atoms with E-state index in [1.165, 1.54) is 24.3 Å². The van der Waals surface area contributed by atoms with Gasteiger partial charge in [-0.15, -0.1) is 0 Å². The summed E-state index contributed by atoms with van der Waals surface area (Å²) in [7, 11) is 0. The Morgan fingerprint density at radius 1 is 0.682 bits per heavy atom. The molecule has 1 aliphatic carbocycles. The topological polar surface area (TPSA) is 141 Å². The highest BCUT2D eigenvalue weighted by Gasteiger charge is 2.43. The second-order valence-corrected chi connectivity index (χ2v) is 10.5. The fourth-order valence-corrected chi connectivity index (χ4v) is 6.12. The maximum absolute atomic E-state index is 15.5. The Balaban J connectivity index is 1.68. The van der Waals surface area contributed by atoms with Gasteiger partial charge in [0.2, 0.25) is 0 Å². The lowest BCUT2D eigenvalue weighted by Gasteiger charge is -2.20. The summed E-state index contributed by atoms with van der Waals surface area (Å²) >= 11 is 0. The predicted molar refractivity (Wildman–Crippen MR) is 154 cm³/mol. The van der Waals surface area contributed by atoms with E-state index in [1.54, 1.807) is 18.2 Å². The molecule has 3 atom stereocenters. The van der Waals surface area contributed by atoms with Crippen LogP contribution in [-0.2, 0) is 0 Å². The van der Waals surface area contributed by atoms with Gasteiger partial charge in [0.05, 0.1) is 64.1 Å². The van der Waals surface area contributed by atoms with Crippen LogP contribution >= 0.6 is 0 Å². The molecule has 2 aliphatic rings. The quantitative estimate of drug-likeness (QED) is 0.259. The van der Waals surface area contributed by atoms with Crippen LogP contribution in [0, 0.1) is 80.0 Å². The molecule has 4 aromatic carbocycles. The van der Waals surface area contributed by atoms with Gasteiger partial charge in [-0.25, -0.2) is 13.2 Å². The van der Waals surface area contributed by atoms with Crippen LogP contribution in [0.5, 0.6) is 0 Å². The molecule has 6 rings (SSSR count). The Morgan fingerprint density at radius 2 is 1.16 bits per heavy atom. The first-order valence-electron chi connectivity index (χ1n) is 13.3. The minimum atomic E-state index is -1.03. The van der Waals surface area contributed by atoms with E-state index in [0.29, 0.717) is 28.8 Å². The Hall–Kier alpha value is -6.18. The highest BCUT2D eigenvalue weighted by Crippen LogP contribution is 2.53. The number of benzene rings is 4. The molecule has 4 aromatic rings. The zero-order valence-corrected chi connectivity index (χ0v) is 22.7. The third-order valence-corrected chi connectivity index (χ3v) is 8.14. The van der Waals surface area contributed by atoms with Crippen LogP contribution in [0.25, 0.3) is 39.5 Å². The third kappa shape index (κ3) is 4.27. The zero-order valence-electron chi connectivity index (χ0n) is 22.7. The Bertz CT molecular complexity index is 2140. The molecule has 0 spiro atoms. The van der Waals surface area contributed by atoms with Gasteiger partial charge in [0.15, 0.2) is 0 Å². The second-order valence-electron chi connectivity index (χ2n) is 10.5. The molecule has 1 aliphatic heterocycles. The van der Waals surface area contributed by atoms with Crippen LogP contribution in [-0.4, -0.2) is 12.6 Å². The van der Waals surface area contributed by atoms with Gasteiger partial charge in [-0.05, 0) is 76.3 Å². The molecule has 0 amide bonds. The summed E-state index contributed by atoms with van der Waals surface area (Å²) in [6, 6.07) is 20.4. The van der Waals surface area contributed by atoms with Crippen molar-refractivity contribution in [3.63, 3.8) is 0 Å². The highest BCUT2D eigenvalue weighted by molar-refractivity contribution is 5.91. The van der Waals surface area contributed by atoms with E-state index in [9.17, 15) is 21.0 Å². The van der Waals surface area contributed by atoms with Gasteiger partial charge in [-0.2, -0.15) is 26.3 Å². The molecule has 208 valence electrons. The van der Waals surface area contributed by atoms with Crippen LogP contribution in [0.15, 0.2) is 55.1 Å². The highest BCUT2D eigenvalue weighted by atomic mass is 19.1. The smallest absolute Gasteiger partial charge is 0.135 e. The Kier molecular flexibility index (Phi) is 6.72. The molecule has 1 heterocycles. The number of rotatable bonds is 5. The molecule has 0 bridgehead atoms. The number of hydrogen-bond donors (Lipinski definition) is 1. The molecule has 0 saturated carbocycles. The van der Waals surface area contributed by atoms with Crippen molar-refractivity contribution in [2.75, 3.05) is 6.54 Å². The average molecular weight is 579 g/mol. The molecule has 1 fully saturated rings. The predicted octanol–water partition coefficient (Wildman–Crippen LogP) is 6.79. The minimum Gasteiger partial charge on any atom is -0.310 e. The van der Waals surface area contributed by atoms with E-state index >= 15 is 13.2 Å². The summed E-state index contributed by atoms with van der Waals surface area (Å²) in [5, 5.41) is 52.1. The van der Waals surface area contributed by atoms with Crippen molar-refractivity contribution in [1.29, 1.82) is 26.3 Å². The first-order chi connectivity index (χ1) is 21.3. The first kappa shape index (κ1) is 28.0. The number of hydrogen-bond acceptors (Lipinski definition) is 6. The normalized spacial score (nSPS) is 16.2. The van der Waals surface area contributed by atoms with E-state index in [4.69, 9.17) is 5.26 Å². The lowest BCUT2D eigenvalue weighted by Crippen LogP contribution is -2.18. The van der Waals surface area contributed by atoms with Crippen molar-refractivity contribution >= 4 is 6.08 Å². The molecule has 1 N–H and O–H groups in total. The van der Waals surface area contributed by atoms with Crippen molar-refractivity contribution < 1.29 is 13.2 Å². The summed E-state index contributed by atoms with van der Waals surface area (Å²) in [5.74, 6) is -4.01. The summed E-state index contributed by atoms with van der Waals surface area (Å²) in [4.78, 5) is 0. The summed E-state index contributed by atoms with van der Waals surface area (Å²) < 4.78 is 46.0. The maximum Gasteiger partial charge on any atom is 0.135 e. The van der Waals surface area contributed by atoms with Crippen LogP contribution in [0.1, 0.15) is 44.9 Å². The molecule has 0 aromatic heterocycles. The molecule has 44 heavy (non-hydrogen) atoms. The number of nitrogens with zero attached hydrogens (tertiary/aromatic N) is 5. The Morgan fingerprint density at radius 3 is 1.59 bits per heavy atom. The molecular weight excluding hydrogens is 561 g/mol. The lowest BCUT2D eigenvalue weighted by molar-refractivity contribution is 0.577. The largest absolute Gasteiger partial charge is 0.310 e. The van der Waals surface area contributed by atoms with Crippen LogP contribution < -0.4 is 5.32 Å². The fraction of sp³-hybridized carbons (Fsp3) is 0.114.